The fourth-order valence-corrected chi connectivity index (χ4v) is 3.77. The van der Waals surface area contributed by atoms with Gasteiger partial charge in [0, 0.05) is 45.0 Å². The van der Waals surface area contributed by atoms with Crippen LogP contribution in [0.1, 0.15) is 12.5 Å². The monoisotopic (exact) mass is 397 g/mol. The van der Waals surface area contributed by atoms with Crippen LogP contribution in [0.15, 0.2) is 42.5 Å². The summed E-state index contributed by atoms with van der Waals surface area (Å²) in [5.74, 6) is 1.99. The second-order valence-corrected chi connectivity index (χ2v) is 7.38. The van der Waals surface area contributed by atoms with Crippen LogP contribution in [0.5, 0.6) is 17.2 Å². The maximum atomic E-state index is 12.8. The normalized spacial score (nSPS) is 16.1. The van der Waals surface area contributed by atoms with Gasteiger partial charge in [0.1, 0.15) is 5.75 Å². The summed E-state index contributed by atoms with van der Waals surface area (Å²) in [6, 6.07) is 13.1. The van der Waals surface area contributed by atoms with Gasteiger partial charge in [0.2, 0.25) is 12.7 Å². The molecular formula is C22H27N3O4. The molecule has 154 valence electrons. The van der Waals surface area contributed by atoms with Gasteiger partial charge in [0.15, 0.2) is 11.5 Å². The summed E-state index contributed by atoms with van der Waals surface area (Å²) in [5, 5.41) is 9.46. The Morgan fingerprint density at radius 2 is 1.76 bits per heavy atom. The number of carbonyl (C=O) groups excluding carboxylic acids is 1. The first-order valence-corrected chi connectivity index (χ1v) is 10.0. The van der Waals surface area contributed by atoms with Crippen LogP contribution >= 0.6 is 0 Å². The number of phenolic OH excluding ortho intramolecular Hbond substituents is 1. The number of nitrogens with zero attached hydrogens (tertiary/aromatic N) is 3. The average Bonchev–Trinajstić information content (AvgIpc) is 3.21. The molecule has 7 heteroatoms. The summed E-state index contributed by atoms with van der Waals surface area (Å²) < 4.78 is 10.8. The van der Waals surface area contributed by atoms with Gasteiger partial charge in [-0.05, 0) is 48.9 Å². The minimum atomic E-state index is 0.141. The van der Waals surface area contributed by atoms with Crippen molar-refractivity contribution in [3.8, 4) is 17.2 Å². The fourth-order valence-electron chi connectivity index (χ4n) is 3.77. The van der Waals surface area contributed by atoms with Crippen LogP contribution < -0.4 is 14.4 Å². The van der Waals surface area contributed by atoms with Gasteiger partial charge >= 0.3 is 0 Å². The molecule has 4 rings (SSSR count). The number of carbonyl (C=O) groups is 1. The second-order valence-electron chi connectivity index (χ2n) is 7.38. The van der Waals surface area contributed by atoms with E-state index in [0.717, 1.165) is 56.5 Å². The van der Waals surface area contributed by atoms with E-state index in [1.165, 1.54) is 5.56 Å². The average molecular weight is 397 g/mol. The smallest absolute Gasteiger partial charge is 0.242 e. The van der Waals surface area contributed by atoms with Gasteiger partial charge in [-0.25, -0.2) is 0 Å². The summed E-state index contributed by atoms with van der Waals surface area (Å²) in [6.07, 6.45) is 0. The van der Waals surface area contributed by atoms with Gasteiger partial charge in [-0.1, -0.05) is 6.07 Å². The molecule has 2 aromatic rings. The minimum Gasteiger partial charge on any atom is -0.508 e. The topological polar surface area (TPSA) is 65.5 Å². The van der Waals surface area contributed by atoms with Crippen LogP contribution in [-0.4, -0.2) is 66.9 Å². The Balaban J connectivity index is 1.28. The Morgan fingerprint density at radius 1 is 1.03 bits per heavy atom. The lowest BCUT2D eigenvalue weighted by Gasteiger charge is -2.36. The van der Waals surface area contributed by atoms with Crippen LogP contribution in [0.4, 0.5) is 5.69 Å². The van der Waals surface area contributed by atoms with Crippen molar-refractivity contribution in [3.63, 3.8) is 0 Å². The standard InChI is InChI=1S/C22H27N3O4/c1-2-24(18-4-6-19(26)7-5-18)15-22(27)25-11-9-23(10-12-25)14-17-3-8-20-21(13-17)29-16-28-20/h3-8,13,26H,2,9-12,14-16H2,1H3. The van der Waals surface area contributed by atoms with Crippen LogP contribution in [0.3, 0.4) is 0 Å². The van der Waals surface area contributed by atoms with E-state index in [1.807, 2.05) is 41.0 Å². The number of hydrogen-bond donors (Lipinski definition) is 1. The molecule has 1 fully saturated rings. The number of benzene rings is 2. The van der Waals surface area contributed by atoms with Crippen LogP contribution in [0.25, 0.3) is 0 Å². The molecule has 2 aromatic carbocycles. The van der Waals surface area contributed by atoms with Crippen molar-refractivity contribution in [2.24, 2.45) is 0 Å². The molecule has 0 spiro atoms. The third-order valence-electron chi connectivity index (χ3n) is 5.49. The predicted molar refractivity (Wildman–Crippen MR) is 110 cm³/mol. The molecule has 0 aromatic heterocycles. The first-order valence-electron chi connectivity index (χ1n) is 10.0. The Hall–Kier alpha value is -2.93. The van der Waals surface area contributed by atoms with Crippen molar-refractivity contribution >= 4 is 11.6 Å². The van der Waals surface area contributed by atoms with Crippen molar-refractivity contribution in [2.45, 2.75) is 13.5 Å². The third-order valence-corrected chi connectivity index (χ3v) is 5.49. The molecule has 2 aliphatic rings. The lowest BCUT2D eigenvalue weighted by atomic mass is 10.1. The van der Waals surface area contributed by atoms with E-state index in [0.29, 0.717) is 13.3 Å². The second kappa shape index (κ2) is 8.61. The molecule has 0 bridgehead atoms. The quantitative estimate of drug-likeness (QED) is 0.807. The number of hydrogen-bond acceptors (Lipinski definition) is 6. The fraction of sp³-hybridized carbons (Fsp3) is 0.409. The zero-order chi connectivity index (χ0) is 20.2. The molecule has 1 N–H and O–H groups in total. The predicted octanol–water partition coefficient (Wildman–Crippen LogP) is 2.29. The van der Waals surface area contributed by atoms with E-state index in [2.05, 4.69) is 11.0 Å². The van der Waals surface area contributed by atoms with E-state index < -0.39 is 0 Å². The summed E-state index contributed by atoms with van der Waals surface area (Å²) in [4.78, 5) is 19.1. The van der Waals surface area contributed by atoms with Crippen molar-refractivity contribution < 1.29 is 19.4 Å². The van der Waals surface area contributed by atoms with Crippen LogP contribution in [-0.2, 0) is 11.3 Å². The molecule has 0 aliphatic carbocycles. The van der Waals surface area contributed by atoms with E-state index >= 15 is 0 Å². The largest absolute Gasteiger partial charge is 0.508 e. The van der Waals surface area contributed by atoms with E-state index in [-0.39, 0.29) is 11.7 Å². The third kappa shape index (κ3) is 4.56. The summed E-state index contributed by atoms with van der Waals surface area (Å²) >= 11 is 0. The van der Waals surface area contributed by atoms with E-state index in [9.17, 15) is 9.90 Å². The number of aromatic hydroxyl groups is 1. The van der Waals surface area contributed by atoms with Gasteiger partial charge in [0.05, 0.1) is 6.54 Å². The number of likely N-dealkylation sites (N-methyl/N-ethyl adjacent to an activating group) is 1. The first-order chi connectivity index (χ1) is 14.1. The number of phenols is 1. The number of piperazine rings is 1. The summed E-state index contributed by atoms with van der Waals surface area (Å²) in [5.41, 5.74) is 2.14. The van der Waals surface area contributed by atoms with Crippen molar-refractivity contribution in [3.05, 3.63) is 48.0 Å². The Labute approximate surface area is 171 Å². The molecular weight excluding hydrogens is 370 g/mol. The lowest BCUT2D eigenvalue weighted by molar-refractivity contribution is -0.131. The molecule has 2 heterocycles. The number of amides is 1. The highest BCUT2D eigenvalue weighted by Gasteiger charge is 2.23. The van der Waals surface area contributed by atoms with Gasteiger partial charge in [-0.3, -0.25) is 9.69 Å². The highest BCUT2D eigenvalue weighted by Crippen LogP contribution is 2.32. The minimum absolute atomic E-state index is 0.141. The summed E-state index contributed by atoms with van der Waals surface area (Å²) in [6.45, 7) is 7.42. The van der Waals surface area contributed by atoms with Gasteiger partial charge in [-0.2, -0.15) is 0 Å². The number of ether oxygens (including phenoxy) is 2. The van der Waals surface area contributed by atoms with Crippen LogP contribution in [0, 0.1) is 0 Å². The molecule has 7 nitrogen and oxygen atoms in total. The summed E-state index contributed by atoms with van der Waals surface area (Å²) in [7, 11) is 0. The first kappa shape index (κ1) is 19.4. The zero-order valence-electron chi connectivity index (χ0n) is 16.7. The van der Waals surface area contributed by atoms with Crippen molar-refractivity contribution in [1.82, 2.24) is 9.80 Å². The molecule has 1 amide bonds. The van der Waals surface area contributed by atoms with Crippen LogP contribution in [0.2, 0.25) is 0 Å². The number of anilines is 1. The van der Waals surface area contributed by atoms with E-state index in [4.69, 9.17) is 9.47 Å². The number of rotatable bonds is 6. The molecule has 0 radical (unpaired) electrons. The van der Waals surface area contributed by atoms with Gasteiger partial charge in [0.25, 0.3) is 0 Å². The Kier molecular flexibility index (Phi) is 5.76. The molecule has 2 aliphatic heterocycles. The van der Waals surface area contributed by atoms with Crippen molar-refractivity contribution in [1.29, 1.82) is 0 Å². The number of fused-ring (bicyclic) bond motifs is 1. The van der Waals surface area contributed by atoms with E-state index in [1.54, 1.807) is 12.1 Å². The highest BCUT2D eigenvalue weighted by molar-refractivity contribution is 5.81. The SMILES string of the molecule is CCN(CC(=O)N1CCN(Cc2ccc3c(c2)OCO3)CC1)c1ccc(O)cc1. The van der Waals surface area contributed by atoms with Gasteiger partial charge in [-0.15, -0.1) is 0 Å². The Morgan fingerprint density at radius 3 is 2.48 bits per heavy atom. The van der Waals surface area contributed by atoms with Gasteiger partial charge < -0.3 is 24.4 Å². The van der Waals surface area contributed by atoms with Crippen molar-refractivity contribution in [2.75, 3.05) is 51.0 Å². The maximum absolute atomic E-state index is 12.8. The highest BCUT2D eigenvalue weighted by atomic mass is 16.7. The zero-order valence-corrected chi connectivity index (χ0v) is 16.7. The molecule has 0 unspecified atom stereocenters. The Bertz CT molecular complexity index is 848. The molecule has 29 heavy (non-hydrogen) atoms. The maximum Gasteiger partial charge on any atom is 0.242 e. The lowest BCUT2D eigenvalue weighted by Crippen LogP contribution is -2.51. The molecule has 0 atom stereocenters. The molecule has 1 saturated heterocycles. The molecule has 0 saturated carbocycles.